The Labute approximate surface area is 169 Å². The molecule has 6 heterocycles. The molecule has 7 rings (SSSR count). The maximum atomic E-state index is 12.7. The highest BCUT2D eigenvalue weighted by atomic mass is 79.9. The zero-order valence-corrected chi connectivity index (χ0v) is 17.1. The Bertz CT molecular complexity index is 1150. The summed E-state index contributed by atoms with van der Waals surface area (Å²) < 4.78 is 19.8. The van der Waals surface area contributed by atoms with E-state index in [1.807, 2.05) is 0 Å². The number of rotatable bonds is 1. The lowest BCUT2D eigenvalue weighted by Crippen LogP contribution is -2.67. The summed E-state index contributed by atoms with van der Waals surface area (Å²) in [4.78, 5) is 43.0. The topological polar surface area (TPSA) is 150 Å². The predicted octanol–water partition coefficient (Wildman–Crippen LogP) is -0.491. The molecule has 15 heteroatoms. The number of hydrogen-bond donors (Lipinski definition) is 4. The van der Waals surface area contributed by atoms with E-state index in [2.05, 4.69) is 43.5 Å². The van der Waals surface area contributed by atoms with Crippen LogP contribution in [0.1, 0.15) is 6.42 Å². The molecule has 1 saturated carbocycles. The third-order valence-corrected chi connectivity index (χ3v) is 7.84. The molecule has 1 aliphatic carbocycles. The van der Waals surface area contributed by atoms with Gasteiger partial charge in [-0.15, -0.1) is 0 Å². The van der Waals surface area contributed by atoms with E-state index in [1.165, 1.54) is 9.13 Å². The van der Waals surface area contributed by atoms with E-state index in [9.17, 15) is 19.6 Å². The highest BCUT2D eigenvalue weighted by Gasteiger charge is 2.83. The largest absolute Gasteiger partial charge is 0.476 e. The number of halogens is 1. The van der Waals surface area contributed by atoms with E-state index in [1.54, 1.807) is 0 Å². The van der Waals surface area contributed by atoms with Crippen LogP contribution in [0.2, 0.25) is 0 Å². The number of aromatic nitrogens is 4. The SMILES string of the molecule is O=C1Cn2c(nc3c(nc(Br)n3C34CC5(O[P+](O)(S)OCC5O3)C4O)c2=O)N1. The standard InChI is InChI=1S/C13H11BrN5O7PS/c14-10-16-6-7(17-11-15-5(20)1-18(11)8(6)21)19(10)13-3-12(9(13)22)4(25-13)2-24-27(23,28)26-12/h4,9,22-23,28H,1-3H2/p+1. The number of aliphatic hydroxyl groups is 1. The van der Waals surface area contributed by atoms with Gasteiger partial charge in [0.2, 0.25) is 11.9 Å². The molecule has 0 radical (unpaired) electrons. The molecule has 1 spiro atoms. The molecule has 2 aromatic rings. The van der Waals surface area contributed by atoms with Gasteiger partial charge in [0, 0.05) is 6.42 Å². The summed E-state index contributed by atoms with van der Waals surface area (Å²) in [5.41, 5.74) is -2.79. The Balaban J connectivity index is 1.53. The van der Waals surface area contributed by atoms with E-state index in [4.69, 9.17) is 13.8 Å². The van der Waals surface area contributed by atoms with Crippen molar-refractivity contribution in [3.05, 3.63) is 15.1 Å². The normalized spacial score (nSPS) is 40.9. The molecule has 3 N–H and O–H groups in total. The summed E-state index contributed by atoms with van der Waals surface area (Å²) in [6.45, 7) is -0.134. The second-order valence-electron chi connectivity index (χ2n) is 7.13. The molecule has 2 bridgehead atoms. The van der Waals surface area contributed by atoms with Crippen molar-refractivity contribution in [1.82, 2.24) is 19.1 Å². The second-order valence-corrected chi connectivity index (χ2v) is 10.8. The number of fused-ring (bicyclic) bond motifs is 2. The number of ether oxygens (including phenoxy) is 1. The maximum absolute atomic E-state index is 12.7. The molecule has 4 aliphatic heterocycles. The molecule has 4 fully saturated rings. The second kappa shape index (κ2) is 5.13. The van der Waals surface area contributed by atoms with Gasteiger partial charge in [-0.2, -0.15) is 18.9 Å². The Hall–Kier alpha value is -1.12. The molecular formula is C13H12BrN5O7PS+. The predicted molar refractivity (Wildman–Crippen MR) is 99.5 cm³/mol. The number of carbonyl (C=O) groups is 1. The summed E-state index contributed by atoms with van der Waals surface area (Å²) in [5, 5.41) is 13.5. The molecule has 12 nitrogen and oxygen atoms in total. The number of aliphatic hydroxyl groups excluding tert-OH is 1. The van der Waals surface area contributed by atoms with Gasteiger partial charge in [0.25, 0.3) is 5.56 Å². The average Bonchev–Trinajstić information content (AvgIpc) is 3.30. The maximum Gasteiger partial charge on any atom is 0.476 e. The number of carbonyl (C=O) groups excluding carboxylic acids is 1. The van der Waals surface area contributed by atoms with Gasteiger partial charge in [-0.3, -0.25) is 24.0 Å². The van der Waals surface area contributed by atoms with Crippen LogP contribution in [0.5, 0.6) is 0 Å². The van der Waals surface area contributed by atoms with Crippen LogP contribution >= 0.6 is 35.3 Å². The molecule has 5 aliphatic rings. The first kappa shape index (κ1) is 17.7. The van der Waals surface area contributed by atoms with Crippen LogP contribution in [0.25, 0.3) is 11.2 Å². The summed E-state index contributed by atoms with van der Waals surface area (Å²) in [7, 11) is -3.36. The van der Waals surface area contributed by atoms with Gasteiger partial charge in [-0.25, -0.2) is 4.98 Å². The Morgan fingerprint density at radius 1 is 1.39 bits per heavy atom. The third-order valence-electron chi connectivity index (χ3n) is 5.65. The zero-order valence-electron chi connectivity index (χ0n) is 13.8. The van der Waals surface area contributed by atoms with Crippen molar-refractivity contribution < 1.29 is 28.6 Å². The lowest BCUT2D eigenvalue weighted by Gasteiger charge is -2.49. The molecular weight excluding hydrogens is 481 g/mol. The van der Waals surface area contributed by atoms with Crippen LogP contribution in [-0.4, -0.2) is 59.4 Å². The van der Waals surface area contributed by atoms with Crippen LogP contribution in [-0.2, 0) is 30.8 Å². The first-order chi connectivity index (χ1) is 13.2. The van der Waals surface area contributed by atoms with Gasteiger partial charge in [-0.1, -0.05) is 0 Å². The van der Waals surface area contributed by atoms with Crippen LogP contribution in [0.3, 0.4) is 0 Å². The van der Waals surface area contributed by atoms with Crippen molar-refractivity contribution in [2.75, 3.05) is 11.9 Å². The number of anilines is 1. The number of nitrogens with one attached hydrogen (secondary N) is 1. The van der Waals surface area contributed by atoms with Crippen LogP contribution in [0, 0.1) is 0 Å². The molecule has 5 unspecified atom stereocenters. The quantitative estimate of drug-likeness (QED) is 0.235. The van der Waals surface area contributed by atoms with E-state index in [-0.39, 0.29) is 47.3 Å². The first-order valence-electron chi connectivity index (χ1n) is 8.22. The van der Waals surface area contributed by atoms with E-state index in [0.717, 1.165) is 0 Å². The van der Waals surface area contributed by atoms with Crippen molar-refractivity contribution >= 4 is 58.3 Å². The first-order valence-corrected chi connectivity index (χ1v) is 11.7. The lowest BCUT2D eigenvalue weighted by molar-refractivity contribution is -0.213. The van der Waals surface area contributed by atoms with Gasteiger partial charge >= 0.3 is 7.15 Å². The minimum absolute atomic E-state index is 0.00161. The van der Waals surface area contributed by atoms with Crippen molar-refractivity contribution in [3.63, 3.8) is 0 Å². The molecule has 0 aromatic carbocycles. The molecule has 5 atom stereocenters. The summed E-state index contributed by atoms with van der Waals surface area (Å²) in [5.74, 6) is -0.254. The third kappa shape index (κ3) is 1.92. The van der Waals surface area contributed by atoms with Crippen LogP contribution < -0.4 is 10.9 Å². The minimum Gasteiger partial charge on any atom is -0.385 e. The van der Waals surface area contributed by atoms with Crippen molar-refractivity contribution in [3.8, 4) is 0 Å². The fourth-order valence-electron chi connectivity index (χ4n) is 4.47. The molecule has 3 saturated heterocycles. The highest BCUT2D eigenvalue weighted by Crippen LogP contribution is 2.75. The van der Waals surface area contributed by atoms with Crippen LogP contribution in [0.4, 0.5) is 5.95 Å². The van der Waals surface area contributed by atoms with E-state index < -0.39 is 36.2 Å². The van der Waals surface area contributed by atoms with Crippen molar-refractivity contribution in [1.29, 1.82) is 0 Å². The van der Waals surface area contributed by atoms with Crippen molar-refractivity contribution in [2.24, 2.45) is 0 Å². The van der Waals surface area contributed by atoms with Gasteiger partial charge in [0.05, 0.1) is 12.2 Å². The summed E-state index contributed by atoms with van der Waals surface area (Å²) in [6.07, 6.45) is -1.66. The van der Waals surface area contributed by atoms with E-state index >= 15 is 0 Å². The Morgan fingerprint density at radius 2 is 2.18 bits per heavy atom. The number of imidazole rings is 1. The molecule has 28 heavy (non-hydrogen) atoms. The van der Waals surface area contributed by atoms with Gasteiger partial charge in [-0.05, 0) is 15.9 Å². The van der Waals surface area contributed by atoms with Crippen LogP contribution in [0.15, 0.2) is 9.53 Å². The number of amides is 1. The number of nitrogens with zero attached hydrogens (tertiary/aromatic N) is 4. The molecule has 148 valence electrons. The fraction of sp³-hybridized carbons (Fsp3) is 0.538. The average molecular weight is 493 g/mol. The zero-order chi connectivity index (χ0) is 19.6. The lowest BCUT2D eigenvalue weighted by atomic mass is 9.70. The minimum atomic E-state index is -3.36. The Kier molecular flexibility index (Phi) is 3.25. The van der Waals surface area contributed by atoms with Gasteiger partial charge < -0.3 is 9.84 Å². The summed E-state index contributed by atoms with van der Waals surface area (Å²) in [6, 6.07) is 0. The monoisotopic (exact) mass is 492 g/mol. The van der Waals surface area contributed by atoms with Gasteiger partial charge in [0.1, 0.15) is 25.4 Å². The van der Waals surface area contributed by atoms with Gasteiger partial charge in [0.15, 0.2) is 27.2 Å². The Morgan fingerprint density at radius 3 is 2.93 bits per heavy atom. The fourth-order valence-corrected chi connectivity index (χ4v) is 6.88. The number of thiol groups is 1. The molecule has 1 amide bonds. The smallest absolute Gasteiger partial charge is 0.385 e. The molecule has 2 aromatic heterocycles. The highest BCUT2D eigenvalue weighted by molar-refractivity contribution is 9.10. The summed E-state index contributed by atoms with van der Waals surface area (Å²) >= 11 is 7.31. The van der Waals surface area contributed by atoms with E-state index in [0.29, 0.717) is 0 Å². The van der Waals surface area contributed by atoms with Crippen molar-refractivity contribution in [2.45, 2.75) is 36.5 Å². The number of hydrogen-bond acceptors (Lipinski definition) is 10.